The van der Waals surface area contributed by atoms with Crippen molar-refractivity contribution in [2.75, 3.05) is 38.1 Å². The van der Waals surface area contributed by atoms with Crippen LogP contribution in [-0.2, 0) is 6.67 Å². The molecule has 1 fully saturated rings. The standard InChI is InChI=1S/C12H17FN2/c1-14-5-7-15(8-6-14)12-4-2-3-11(9-12)10-13/h2-4,9H,5-8,10H2,1H3. The molecule has 1 aromatic carbocycles. The Morgan fingerprint density at radius 2 is 1.93 bits per heavy atom. The van der Waals surface area contributed by atoms with Gasteiger partial charge < -0.3 is 9.80 Å². The normalized spacial score (nSPS) is 18.1. The summed E-state index contributed by atoms with van der Waals surface area (Å²) in [5.41, 5.74) is 1.92. The Bertz CT molecular complexity index is 319. The first-order valence-electron chi connectivity index (χ1n) is 5.38. The molecule has 82 valence electrons. The first-order chi connectivity index (χ1) is 7.29. The summed E-state index contributed by atoms with van der Waals surface area (Å²) >= 11 is 0. The van der Waals surface area contributed by atoms with E-state index in [0.717, 1.165) is 37.4 Å². The number of piperazine rings is 1. The summed E-state index contributed by atoms with van der Waals surface area (Å²) < 4.78 is 12.5. The summed E-state index contributed by atoms with van der Waals surface area (Å²) in [5, 5.41) is 0. The maximum atomic E-state index is 12.5. The highest BCUT2D eigenvalue weighted by molar-refractivity contribution is 5.48. The van der Waals surface area contributed by atoms with E-state index < -0.39 is 0 Å². The molecule has 0 spiro atoms. The quantitative estimate of drug-likeness (QED) is 0.732. The van der Waals surface area contributed by atoms with Crippen LogP contribution in [0.3, 0.4) is 0 Å². The molecule has 1 heterocycles. The lowest BCUT2D eigenvalue weighted by atomic mass is 10.2. The van der Waals surface area contributed by atoms with Gasteiger partial charge in [0, 0.05) is 31.9 Å². The van der Waals surface area contributed by atoms with Crippen molar-refractivity contribution in [2.24, 2.45) is 0 Å². The minimum absolute atomic E-state index is 0.373. The highest BCUT2D eigenvalue weighted by Crippen LogP contribution is 2.18. The largest absolute Gasteiger partial charge is 0.369 e. The van der Waals surface area contributed by atoms with Gasteiger partial charge in [-0.05, 0) is 24.7 Å². The molecular weight excluding hydrogens is 191 g/mol. The van der Waals surface area contributed by atoms with Gasteiger partial charge in [-0.2, -0.15) is 0 Å². The first-order valence-corrected chi connectivity index (χ1v) is 5.38. The van der Waals surface area contributed by atoms with Gasteiger partial charge >= 0.3 is 0 Å². The SMILES string of the molecule is CN1CCN(c2cccc(CF)c2)CC1. The summed E-state index contributed by atoms with van der Waals surface area (Å²) in [4.78, 5) is 4.63. The third-order valence-electron chi connectivity index (χ3n) is 2.93. The van der Waals surface area contributed by atoms with Crippen LogP contribution in [0.4, 0.5) is 10.1 Å². The Balaban J connectivity index is 2.08. The number of rotatable bonds is 2. The fourth-order valence-corrected chi connectivity index (χ4v) is 1.90. The monoisotopic (exact) mass is 208 g/mol. The van der Waals surface area contributed by atoms with Crippen molar-refractivity contribution in [1.29, 1.82) is 0 Å². The smallest absolute Gasteiger partial charge is 0.115 e. The van der Waals surface area contributed by atoms with Gasteiger partial charge in [-0.1, -0.05) is 12.1 Å². The van der Waals surface area contributed by atoms with E-state index in [2.05, 4.69) is 22.9 Å². The van der Waals surface area contributed by atoms with Gasteiger partial charge in [0.1, 0.15) is 6.67 Å². The lowest BCUT2D eigenvalue weighted by Gasteiger charge is -2.34. The topological polar surface area (TPSA) is 6.48 Å². The molecule has 2 nitrogen and oxygen atoms in total. The molecule has 0 N–H and O–H groups in total. The molecule has 0 saturated carbocycles. The maximum absolute atomic E-state index is 12.5. The molecule has 0 atom stereocenters. The Morgan fingerprint density at radius 3 is 2.60 bits per heavy atom. The van der Waals surface area contributed by atoms with Crippen molar-refractivity contribution in [3.8, 4) is 0 Å². The van der Waals surface area contributed by atoms with Crippen LogP contribution >= 0.6 is 0 Å². The first kappa shape index (κ1) is 10.4. The van der Waals surface area contributed by atoms with Crippen LogP contribution in [0.2, 0.25) is 0 Å². The number of nitrogens with zero attached hydrogens (tertiary/aromatic N) is 2. The zero-order valence-electron chi connectivity index (χ0n) is 9.12. The van der Waals surface area contributed by atoms with Crippen LogP contribution in [0, 0.1) is 0 Å². The molecule has 0 bridgehead atoms. The van der Waals surface area contributed by atoms with E-state index in [9.17, 15) is 4.39 Å². The molecule has 1 aliphatic rings. The zero-order valence-corrected chi connectivity index (χ0v) is 9.12. The number of hydrogen-bond acceptors (Lipinski definition) is 2. The minimum atomic E-state index is -0.373. The number of likely N-dealkylation sites (N-methyl/N-ethyl adjacent to an activating group) is 1. The molecule has 2 rings (SSSR count). The molecule has 1 aliphatic heterocycles. The Hall–Kier alpha value is -1.09. The Kier molecular flexibility index (Phi) is 3.21. The van der Waals surface area contributed by atoms with Crippen LogP contribution in [0.5, 0.6) is 0 Å². The van der Waals surface area contributed by atoms with Gasteiger partial charge in [0.05, 0.1) is 0 Å². The van der Waals surface area contributed by atoms with Crippen LogP contribution in [0.1, 0.15) is 5.56 Å². The number of benzene rings is 1. The molecule has 0 unspecified atom stereocenters. The Labute approximate surface area is 90.3 Å². The summed E-state index contributed by atoms with van der Waals surface area (Å²) in [6.45, 7) is 3.86. The van der Waals surface area contributed by atoms with Gasteiger partial charge in [-0.3, -0.25) is 0 Å². The second kappa shape index (κ2) is 4.62. The highest BCUT2D eigenvalue weighted by atomic mass is 19.1. The van der Waals surface area contributed by atoms with Crippen molar-refractivity contribution in [3.63, 3.8) is 0 Å². The lowest BCUT2D eigenvalue weighted by molar-refractivity contribution is 0.313. The summed E-state index contributed by atoms with van der Waals surface area (Å²) in [7, 11) is 2.13. The van der Waals surface area contributed by atoms with Crippen LogP contribution < -0.4 is 4.90 Å². The third-order valence-corrected chi connectivity index (χ3v) is 2.93. The van der Waals surface area contributed by atoms with Gasteiger partial charge in [-0.25, -0.2) is 4.39 Å². The molecule has 0 aliphatic carbocycles. The molecule has 1 aromatic rings. The number of hydrogen-bond donors (Lipinski definition) is 0. The number of alkyl halides is 1. The van der Waals surface area contributed by atoms with Gasteiger partial charge in [0.15, 0.2) is 0 Å². The van der Waals surface area contributed by atoms with Gasteiger partial charge in [0.2, 0.25) is 0 Å². The molecule has 0 aromatic heterocycles. The fraction of sp³-hybridized carbons (Fsp3) is 0.500. The van der Waals surface area contributed by atoms with E-state index in [1.165, 1.54) is 0 Å². The van der Waals surface area contributed by atoms with E-state index in [4.69, 9.17) is 0 Å². The van der Waals surface area contributed by atoms with Crippen molar-refractivity contribution in [2.45, 2.75) is 6.67 Å². The molecule has 3 heteroatoms. The lowest BCUT2D eigenvalue weighted by Crippen LogP contribution is -2.44. The second-order valence-corrected chi connectivity index (χ2v) is 4.09. The fourth-order valence-electron chi connectivity index (χ4n) is 1.90. The molecular formula is C12H17FN2. The number of anilines is 1. The summed E-state index contributed by atoms with van der Waals surface area (Å²) in [6, 6.07) is 7.78. The zero-order chi connectivity index (χ0) is 10.7. The molecule has 0 radical (unpaired) electrons. The molecule has 0 amide bonds. The highest BCUT2D eigenvalue weighted by Gasteiger charge is 2.13. The summed E-state index contributed by atoms with van der Waals surface area (Å²) in [5.74, 6) is 0. The van der Waals surface area contributed by atoms with Crippen LogP contribution in [0.25, 0.3) is 0 Å². The predicted octanol–water partition coefficient (Wildman–Crippen LogP) is 1.91. The van der Waals surface area contributed by atoms with E-state index in [1.807, 2.05) is 18.2 Å². The average molecular weight is 208 g/mol. The van der Waals surface area contributed by atoms with E-state index in [-0.39, 0.29) is 6.67 Å². The second-order valence-electron chi connectivity index (χ2n) is 4.09. The Morgan fingerprint density at radius 1 is 1.20 bits per heavy atom. The van der Waals surface area contributed by atoms with Crippen molar-refractivity contribution in [1.82, 2.24) is 4.90 Å². The van der Waals surface area contributed by atoms with Crippen molar-refractivity contribution in [3.05, 3.63) is 29.8 Å². The van der Waals surface area contributed by atoms with Gasteiger partial charge in [-0.15, -0.1) is 0 Å². The molecule has 1 saturated heterocycles. The third kappa shape index (κ3) is 2.48. The minimum Gasteiger partial charge on any atom is -0.369 e. The van der Waals surface area contributed by atoms with E-state index >= 15 is 0 Å². The number of halogens is 1. The predicted molar refractivity (Wildman–Crippen MR) is 61.0 cm³/mol. The van der Waals surface area contributed by atoms with E-state index in [0.29, 0.717) is 0 Å². The summed E-state index contributed by atoms with van der Waals surface area (Å²) in [6.07, 6.45) is 0. The van der Waals surface area contributed by atoms with Crippen molar-refractivity contribution >= 4 is 5.69 Å². The van der Waals surface area contributed by atoms with Gasteiger partial charge in [0.25, 0.3) is 0 Å². The van der Waals surface area contributed by atoms with Crippen molar-refractivity contribution < 1.29 is 4.39 Å². The van der Waals surface area contributed by atoms with Crippen LogP contribution in [0.15, 0.2) is 24.3 Å². The maximum Gasteiger partial charge on any atom is 0.115 e. The van der Waals surface area contributed by atoms with Crippen LogP contribution in [-0.4, -0.2) is 38.1 Å². The van der Waals surface area contributed by atoms with E-state index in [1.54, 1.807) is 0 Å². The molecule has 15 heavy (non-hydrogen) atoms. The average Bonchev–Trinajstić information content (AvgIpc) is 2.30.